The van der Waals surface area contributed by atoms with Crippen molar-refractivity contribution in [3.63, 3.8) is 0 Å². The summed E-state index contributed by atoms with van der Waals surface area (Å²) in [6.07, 6.45) is 4.12. The molecule has 0 aromatic heterocycles. The van der Waals surface area contributed by atoms with E-state index in [4.69, 9.17) is 9.29 Å². The molecule has 0 aliphatic carbocycles. The van der Waals surface area contributed by atoms with E-state index in [-0.39, 0.29) is 11.4 Å². The quantitative estimate of drug-likeness (QED) is 0.304. The van der Waals surface area contributed by atoms with Crippen molar-refractivity contribution in [2.75, 3.05) is 7.11 Å². The van der Waals surface area contributed by atoms with E-state index in [9.17, 15) is 18.0 Å². The Balaban J connectivity index is 2.37. The predicted octanol–water partition coefficient (Wildman–Crippen LogP) is 1.75. The zero-order valence-electron chi connectivity index (χ0n) is 15.2. The van der Waals surface area contributed by atoms with Gasteiger partial charge in [-0.25, -0.2) is 0 Å². The lowest BCUT2D eigenvalue weighted by atomic mass is 10.1. The van der Waals surface area contributed by atoms with Crippen LogP contribution in [-0.4, -0.2) is 32.9 Å². The highest BCUT2D eigenvalue weighted by atomic mass is 32.3. The van der Waals surface area contributed by atoms with Gasteiger partial charge in [0, 0.05) is 0 Å². The number of amides is 2. The Morgan fingerprint density at radius 1 is 0.828 bits per heavy atom. The van der Waals surface area contributed by atoms with Crippen LogP contribution >= 0.6 is 0 Å². The van der Waals surface area contributed by atoms with Crippen molar-refractivity contribution in [1.29, 1.82) is 0 Å². The van der Waals surface area contributed by atoms with Crippen LogP contribution in [0.25, 0.3) is 12.2 Å². The highest BCUT2D eigenvalue weighted by molar-refractivity contribution is 7.81. The molecule has 0 saturated heterocycles. The van der Waals surface area contributed by atoms with Gasteiger partial charge < -0.3 is 19.6 Å². The summed E-state index contributed by atoms with van der Waals surface area (Å²) in [5, 5.41) is 5.04. The molecular weight excluding hydrogens is 400 g/mol. The second-order valence-corrected chi connectivity index (χ2v) is 6.52. The van der Waals surface area contributed by atoms with E-state index >= 15 is 0 Å². The molecule has 3 N–H and O–H groups in total. The van der Waals surface area contributed by atoms with Crippen LogP contribution in [0.3, 0.4) is 0 Å². The average Bonchev–Trinajstić information content (AvgIpc) is 2.68. The van der Waals surface area contributed by atoms with Crippen molar-refractivity contribution >= 4 is 35.4 Å². The van der Waals surface area contributed by atoms with Crippen molar-refractivity contribution in [2.45, 2.75) is 0 Å². The molecule has 0 atom stereocenters. The van der Waals surface area contributed by atoms with E-state index in [2.05, 4.69) is 14.8 Å². The normalized spacial score (nSPS) is 12.1. The first-order chi connectivity index (χ1) is 13.8. The smallest absolute Gasteiger partial charge is 0.446 e. The van der Waals surface area contributed by atoms with Gasteiger partial charge in [0.2, 0.25) is 12.8 Å². The van der Waals surface area contributed by atoms with Crippen molar-refractivity contribution in [2.24, 2.45) is 0 Å². The molecule has 0 bridgehead atoms. The molecule has 0 spiro atoms. The first-order valence-corrected chi connectivity index (χ1v) is 9.46. The molecular formula is C19H18N2O7S. The zero-order valence-corrected chi connectivity index (χ0v) is 16.0. The highest BCUT2D eigenvalue weighted by Gasteiger charge is 2.08. The lowest BCUT2D eigenvalue weighted by Crippen LogP contribution is -2.21. The van der Waals surface area contributed by atoms with Gasteiger partial charge in [0.25, 0.3) is 0 Å². The zero-order chi connectivity index (χ0) is 21.3. The van der Waals surface area contributed by atoms with Crippen LogP contribution in [-0.2, 0) is 20.0 Å². The maximum Gasteiger partial charge on any atom is 0.446 e. The van der Waals surface area contributed by atoms with Crippen molar-refractivity contribution in [1.82, 2.24) is 10.6 Å². The van der Waals surface area contributed by atoms with E-state index in [1.807, 2.05) is 0 Å². The first kappa shape index (κ1) is 21.7. The van der Waals surface area contributed by atoms with Gasteiger partial charge in [0.05, 0.1) is 18.5 Å². The highest BCUT2D eigenvalue weighted by Crippen LogP contribution is 2.19. The first-order valence-electron chi connectivity index (χ1n) is 8.10. The van der Waals surface area contributed by atoms with Gasteiger partial charge in [-0.05, 0) is 47.5 Å². The van der Waals surface area contributed by atoms with E-state index in [1.165, 1.54) is 24.3 Å². The summed E-state index contributed by atoms with van der Waals surface area (Å²) in [6.45, 7) is 0. The minimum Gasteiger partial charge on any atom is -0.497 e. The van der Waals surface area contributed by atoms with Crippen LogP contribution in [0.5, 0.6) is 11.5 Å². The molecule has 2 rings (SSSR count). The van der Waals surface area contributed by atoms with E-state index in [1.54, 1.807) is 43.5 Å². The fraction of sp³-hybridized carbons (Fsp3) is 0.0526. The largest absolute Gasteiger partial charge is 0.497 e. The predicted molar refractivity (Wildman–Crippen MR) is 106 cm³/mol. The summed E-state index contributed by atoms with van der Waals surface area (Å²) < 4.78 is 39.6. The van der Waals surface area contributed by atoms with Gasteiger partial charge in [-0.2, -0.15) is 8.42 Å². The minimum atomic E-state index is -4.62. The maximum absolute atomic E-state index is 11.0. The molecule has 2 amide bonds. The Bertz CT molecular complexity index is 1010. The number of nitrogens with one attached hydrogen (secondary N) is 2. The lowest BCUT2D eigenvalue weighted by molar-refractivity contribution is -0.110. The van der Waals surface area contributed by atoms with Crippen LogP contribution in [0, 0.1) is 0 Å². The Morgan fingerprint density at radius 3 is 1.59 bits per heavy atom. The number of ether oxygens (including phenoxy) is 1. The molecule has 29 heavy (non-hydrogen) atoms. The fourth-order valence-corrected chi connectivity index (χ4v) is 2.65. The second kappa shape index (κ2) is 10.1. The van der Waals surface area contributed by atoms with Crippen molar-refractivity contribution < 1.29 is 31.5 Å². The minimum absolute atomic E-state index is 0.0884. The number of carbonyl (C=O) groups is 2. The van der Waals surface area contributed by atoms with E-state index < -0.39 is 10.4 Å². The SMILES string of the molecule is COc1ccc(/C=C(NC=O)/C(=C/c2ccc(OS(=O)(=O)O)cc2)NC=O)cc1. The number of hydrogen-bond donors (Lipinski definition) is 3. The summed E-state index contributed by atoms with van der Waals surface area (Å²) in [4.78, 5) is 22.1. The summed E-state index contributed by atoms with van der Waals surface area (Å²) in [6, 6.07) is 12.7. The standard InChI is InChI=1S/C19H18N2O7S/c1-27-16-6-2-14(3-7-16)10-18(20-12-22)19(21-13-23)11-15-4-8-17(9-5-15)28-29(24,25)26/h2-13H,1H3,(H,20,22)(H,21,23)(H,24,25,26)/b18-10-,19-11-. The summed E-state index contributed by atoms with van der Waals surface area (Å²) in [7, 11) is -3.08. The molecule has 152 valence electrons. The number of carbonyl (C=O) groups excluding carboxylic acids is 2. The average molecular weight is 418 g/mol. The van der Waals surface area contributed by atoms with Gasteiger partial charge in [-0.3, -0.25) is 14.1 Å². The molecule has 0 radical (unpaired) electrons. The summed E-state index contributed by atoms with van der Waals surface area (Å²) >= 11 is 0. The van der Waals surface area contributed by atoms with Crippen LogP contribution in [0.2, 0.25) is 0 Å². The molecule has 9 nitrogen and oxygen atoms in total. The summed E-state index contributed by atoms with van der Waals surface area (Å²) in [5.41, 5.74) is 1.90. The third-order valence-corrected chi connectivity index (χ3v) is 3.94. The van der Waals surface area contributed by atoms with Gasteiger partial charge in [0.15, 0.2) is 0 Å². The Morgan fingerprint density at radius 2 is 1.24 bits per heavy atom. The molecule has 2 aromatic carbocycles. The number of hydrogen-bond acceptors (Lipinski definition) is 6. The molecule has 10 heteroatoms. The lowest BCUT2D eigenvalue weighted by Gasteiger charge is -2.11. The molecule has 0 fully saturated rings. The molecule has 0 unspecified atom stereocenters. The Labute approximate surface area is 167 Å². The monoisotopic (exact) mass is 418 g/mol. The van der Waals surface area contributed by atoms with Gasteiger partial charge in [0.1, 0.15) is 11.5 Å². The van der Waals surface area contributed by atoms with E-state index in [0.717, 1.165) is 5.56 Å². The molecule has 0 aliphatic heterocycles. The molecule has 2 aromatic rings. The fourth-order valence-electron chi connectivity index (χ4n) is 2.30. The molecule has 0 saturated carbocycles. The van der Waals surface area contributed by atoms with Crippen molar-refractivity contribution in [3.05, 3.63) is 71.1 Å². The molecule has 0 heterocycles. The van der Waals surface area contributed by atoms with Gasteiger partial charge in [-0.15, -0.1) is 0 Å². The number of methoxy groups -OCH3 is 1. The Hall–Kier alpha value is -3.63. The second-order valence-electron chi connectivity index (χ2n) is 5.49. The van der Waals surface area contributed by atoms with Crippen molar-refractivity contribution in [3.8, 4) is 11.5 Å². The van der Waals surface area contributed by atoms with Crippen LogP contribution in [0.4, 0.5) is 0 Å². The maximum atomic E-state index is 11.0. The molecule has 0 aliphatic rings. The van der Waals surface area contributed by atoms with Gasteiger partial charge >= 0.3 is 10.4 Å². The van der Waals surface area contributed by atoms with E-state index in [0.29, 0.717) is 29.8 Å². The topological polar surface area (TPSA) is 131 Å². The Kier molecular flexibility index (Phi) is 7.52. The van der Waals surface area contributed by atoms with Crippen LogP contribution in [0.15, 0.2) is 59.9 Å². The van der Waals surface area contributed by atoms with Crippen LogP contribution < -0.4 is 19.6 Å². The third-order valence-electron chi connectivity index (χ3n) is 3.54. The summed E-state index contributed by atoms with van der Waals surface area (Å²) in [5.74, 6) is 0.579. The number of rotatable bonds is 10. The third kappa shape index (κ3) is 7.13. The van der Waals surface area contributed by atoms with Crippen LogP contribution in [0.1, 0.15) is 11.1 Å². The number of benzene rings is 2. The van der Waals surface area contributed by atoms with Gasteiger partial charge in [-0.1, -0.05) is 24.3 Å².